The van der Waals surface area contributed by atoms with E-state index in [1.807, 2.05) is 31.3 Å². The smallest absolute Gasteiger partial charge is 0.228 e. The van der Waals surface area contributed by atoms with E-state index in [0.29, 0.717) is 35.7 Å². The van der Waals surface area contributed by atoms with Crippen molar-refractivity contribution in [1.82, 2.24) is 25.7 Å². The first kappa shape index (κ1) is 21.1. The number of hydrogen-bond acceptors (Lipinski definition) is 5. The summed E-state index contributed by atoms with van der Waals surface area (Å²) in [7, 11) is 1.81. The minimum absolute atomic E-state index is 0.456. The number of guanidine groups is 1. The van der Waals surface area contributed by atoms with Crippen LogP contribution in [0.3, 0.4) is 0 Å². The molecule has 8 heteroatoms. The Morgan fingerprint density at radius 1 is 1.23 bits per heavy atom. The number of likely N-dealkylation sites (tertiary alicyclic amines) is 1. The summed E-state index contributed by atoms with van der Waals surface area (Å²) in [6.45, 7) is 4.23. The number of halogens is 1. The molecule has 2 heterocycles. The molecule has 2 aromatic rings. The molecular formula is C22H31ClN6O. The van der Waals surface area contributed by atoms with Crippen molar-refractivity contribution in [1.29, 1.82) is 0 Å². The molecule has 1 aromatic carbocycles. The average molecular weight is 431 g/mol. The van der Waals surface area contributed by atoms with Gasteiger partial charge in [0.05, 0.1) is 0 Å². The lowest BCUT2D eigenvalue weighted by atomic mass is 10.1. The van der Waals surface area contributed by atoms with E-state index in [1.165, 1.54) is 45.2 Å². The van der Waals surface area contributed by atoms with E-state index < -0.39 is 0 Å². The standard InChI is InChI=1S/C22H31ClN6O/c1-24-22(26-19-11-13-29(15-19)14-16-4-2-3-5-16)25-12-10-20-27-21(28-30-20)17-6-8-18(23)9-7-17/h6-9,16,19H,2-5,10-15H2,1H3,(H2,24,25,26). The molecule has 1 aliphatic heterocycles. The highest BCUT2D eigenvalue weighted by atomic mass is 35.5. The number of nitrogens with zero attached hydrogens (tertiary/aromatic N) is 4. The third-order valence-corrected chi connectivity index (χ3v) is 6.28. The predicted molar refractivity (Wildman–Crippen MR) is 120 cm³/mol. The van der Waals surface area contributed by atoms with E-state index in [1.54, 1.807) is 0 Å². The maximum atomic E-state index is 5.93. The molecule has 4 rings (SSSR count). The Hall–Kier alpha value is -2.12. The zero-order valence-electron chi connectivity index (χ0n) is 17.6. The van der Waals surface area contributed by atoms with Gasteiger partial charge in [0.1, 0.15) is 0 Å². The van der Waals surface area contributed by atoms with Crippen LogP contribution in [0, 0.1) is 5.92 Å². The van der Waals surface area contributed by atoms with Crippen LogP contribution in [0.4, 0.5) is 0 Å². The summed E-state index contributed by atoms with van der Waals surface area (Å²) in [4.78, 5) is 11.4. The van der Waals surface area contributed by atoms with E-state index >= 15 is 0 Å². The fourth-order valence-corrected chi connectivity index (χ4v) is 4.55. The molecule has 162 valence electrons. The lowest BCUT2D eigenvalue weighted by molar-refractivity contribution is 0.275. The quantitative estimate of drug-likeness (QED) is 0.518. The van der Waals surface area contributed by atoms with Gasteiger partial charge < -0.3 is 20.1 Å². The highest BCUT2D eigenvalue weighted by molar-refractivity contribution is 6.30. The average Bonchev–Trinajstić information content (AvgIpc) is 3.51. The second-order valence-corrected chi connectivity index (χ2v) is 8.74. The van der Waals surface area contributed by atoms with Gasteiger partial charge in [-0.1, -0.05) is 29.6 Å². The zero-order valence-corrected chi connectivity index (χ0v) is 18.4. The van der Waals surface area contributed by atoms with Crippen LogP contribution in [0.1, 0.15) is 38.0 Å². The Kier molecular flexibility index (Phi) is 7.23. The van der Waals surface area contributed by atoms with Gasteiger partial charge in [-0.3, -0.25) is 4.99 Å². The van der Waals surface area contributed by atoms with Gasteiger partial charge in [0.15, 0.2) is 5.96 Å². The van der Waals surface area contributed by atoms with Crippen LogP contribution in [-0.2, 0) is 6.42 Å². The molecule has 2 fully saturated rings. The first-order valence-corrected chi connectivity index (χ1v) is 11.4. The second kappa shape index (κ2) is 10.3. The van der Waals surface area contributed by atoms with E-state index in [9.17, 15) is 0 Å². The van der Waals surface area contributed by atoms with Crippen LogP contribution in [-0.4, -0.2) is 60.3 Å². The summed E-state index contributed by atoms with van der Waals surface area (Å²) < 4.78 is 5.37. The molecule has 2 aliphatic rings. The highest BCUT2D eigenvalue weighted by Crippen LogP contribution is 2.26. The summed E-state index contributed by atoms with van der Waals surface area (Å²) in [6.07, 6.45) is 7.46. The molecule has 0 bridgehead atoms. The van der Waals surface area contributed by atoms with Crippen molar-refractivity contribution in [2.45, 2.75) is 44.6 Å². The molecule has 1 saturated carbocycles. The van der Waals surface area contributed by atoms with E-state index in [2.05, 4.69) is 30.7 Å². The summed E-state index contributed by atoms with van der Waals surface area (Å²) in [5.74, 6) is 2.93. The van der Waals surface area contributed by atoms with Gasteiger partial charge in [-0.15, -0.1) is 0 Å². The molecule has 0 amide bonds. The summed E-state index contributed by atoms with van der Waals surface area (Å²) in [6, 6.07) is 7.87. The fourth-order valence-electron chi connectivity index (χ4n) is 4.42. The molecule has 0 radical (unpaired) electrons. The number of benzene rings is 1. The van der Waals surface area contributed by atoms with E-state index in [0.717, 1.165) is 24.0 Å². The molecule has 0 spiro atoms. The Morgan fingerprint density at radius 2 is 2.03 bits per heavy atom. The molecule has 1 unspecified atom stereocenters. The van der Waals surface area contributed by atoms with Gasteiger partial charge in [0.2, 0.25) is 11.7 Å². The van der Waals surface area contributed by atoms with Crippen molar-refractivity contribution >= 4 is 17.6 Å². The van der Waals surface area contributed by atoms with E-state index in [4.69, 9.17) is 16.1 Å². The van der Waals surface area contributed by atoms with Crippen LogP contribution < -0.4 is 10.6 Å². The zero-order chi connectivity index (χ0) is 20.8. The maximum absolute atomic E-state index is 5.93. The van der Waals surface area contributed by atoms with Gasteiger partial charge in [-0.25, -0.2) is 0 Å². The molecule has 1 aromatic heterocycles. The van der Waals surface area contributed by atoms with E-state index in [-0.39, 0.29) is 0 Å². The molecule has 30 heavy (non-hydrogen) atoms. The minimum Gasteiger partial charge on any atom is -0.356 e. The monoisotopic (exact) mass is 430 g/mol. The largest absolute Gasteiger partial charge is 0.356 e. The lowest BCUT2D eigenvalue weighted by Crippen LogP contribution is -2.45. The van der Waals surface area contributed by atoms with Crippen molar-refractivity contribution in [3.05, 3.63) is 35.2 Å². The molecule has 1 atom stereocenters. The van der Waals surface area contributed by atoms with Crippen LogP contribution in [0.2, 0.25) is 5.02 Å². The second-order valence-electron chi connectivity index (χ2n) is 8.31. The third kappa shape index (κ3) is 5.73. The predicted octanol–water partition coefficient (Wildman–Crippen LogP) is 3.36. The van der Waals surface area contributed by atoms with Crippen LogP contribution in [0.15, 0.2) is 33.8 Å². The van der Waals surface area contributed by atoms with Gasteiger partial charge in [0.25, 0.3) is 0 Å². The Labute approximate surface area is 183 Å². The summed E-state index contributed by atoms with van der Waals surface area (Å²) >= 11 is 5.93. The minimum atomic E-state index is 0.456. The Balaban J connectivity index is 1.19. The van der Waals surface area contributed by atoms with Crippen LogP contribution in [0.5, 0.6) is 0 Å². The van der Waals surface area contributed by atoms with Gasteiger partial charge in [0, 0.05) is 56.3 Å². The van der Waals surface area contributed by atoms with Crippen molar-refractivity contribution in [3.63, 3.8) is 0 Å². The molecule has 2 N–H and O–H groups in total. The van der Waals surface area contributed by atoms with Crippen LogP contribution in [0.25, 0.3) is 11.4 Å². The first-order chi connectivity index (χ1) is 14.7. The van der Waals surface area contributed by atoms with Crippen LogP contribution >= 0.6 is 11.6 Å². The van der Waals surface area contributed by atoms with Gasteiger partial charge >= 0.3 is 0 Å². The number of rotatable bonds is 7. The van der Waals surface area contributed by atoms with Gasteiger partial charge in [-0.2, -0.15) is 4.98 Å². The highest BCUT2D eigenvalue weighted by Gasteiger charge is 2.26. The Bertz CT molecular complexity index is 830. The van der Waals surface area contributed by atoms with Crippen molar-refractivity contribution < 1.29 is 4.52 Å². The van der Waals surface area contributed by atoms with Crippen molar-refractivity contribution in [2.24, 2.45) is 10.9 Å². The molecule has 7 nitrogen and oxygen atoms in total. The molecule has 1 saturated heterocycles. The molecule has 1 aliphatic carbocycles. The van der Waals surface area contributed by atoms with Crippen molar-refractivity contribution in [3.8, 4) is 11.4 Å². The van der Waals surface area contributed by atoms with Gasteiger partial charge in [-0.05, 0) is 49.4 Å². The number of hydrogen-bond donors (Lipinski definition) is 2. The number of aliphatic imine (C=N–C) groups is 1. The molecular weight excluding hydrogens is 400 g/mol. The SMILES string of the molecule is CN=C(NCCc1nc(-c2ccc(Cl)cc2)no1)NC1CCN(CC2CCCC2)C1. The van der Waals surface area contributed by atoms with Crippen molar-refractivity contribution in [2.75, 3.05) is 33.2 Å². The normalized spacial score (nSPS) is 20.7. The maximum Gasteiger partial charge on any atom is 0.228 e. The fraction of sp³-hybridized carbons (Fsp3) is 0.591. The lowest BCUT2D eigenvalue weighted by Gasteiger charge is -2.21. The number of nitrogens with one attached hydrogen (secondary N) is 2. The topological polar surface area (TPSA) is 78.6 Å². The first-order valence-electron chi connectivity index (χ1n) is 11.0. The Morgan fingerprint density at radius 3 is 2.80 bits per heavy atom. The third-order valence-electron chi connectivity index (χ3n) is 6.03. The summed E-state index contributed by atoms with van der Waals surface area (Å²) in [5.41, 5.74) is 0.892. The summed E-state index contributed by atoms with van der Waals surface area (Å²) in [5, 5.41) is 11.7. The number of aromatic nitrogens is 2.